The Hall–Kier alpha value is -1.88. The van der Waals surface area contributed by atoms with Gasteiger partial charge in [0.05, 0.1) is 18.4 Å². The van der Waals surface area contributed by atoms with Gasteiger partial charge in [-0.15, -0.1) is 0 Å². The van der Waals surface area contributed by atoms with E-state index in [1.807, 2.05) is 19.1 Å². The molecule has 2 rings (SSSR count). The third-order valence-corrected chi connectivity index (χ3v) is 4.49. The summed E-state index contributed by atoms with van der Waals surface area (Å²) < 4.78 is 11.1. The van der Waals surface area contributed by atoms with Crippen molar-refractivity contribution in [1.82, 2.24) is 0 Å². The Morgan fingerprint density at radius 2 is 2.21 bits per heavy atom. The van der Waals surface area contributed by atoms with Crippen LogP contribution in [-0.2, 0) is 19.1 Å². The summed E-state index contributed by atoms with van der Waals surface area (Å²) in [6, 6.07) is 0. The standard InChI is InChI=1S/C19H26O5/c1-11(2)18(21)23-16-9-14(10-20)7-5-6-12(3)8-15-17(16)13(4)19(22)24-15/h7-8,11,15-17,20H,4-6,9-10H2,1-3H3/b12-8+,14-7-/t15-,16-,17+/m1/s1. The van der Waals surface area contributed by atoms with E-state index in [1.54, 1.807) is 13.8 Å². The maximum atomic E-state index is 12.1. The zero-order valence-electron chi connectivity index (χ0n) is 14.6. The average molecular weight is 334 g/mol. The molecule has 1 N–H and O–H groups in total. The average Bonchev–Trinajstić information content (AvgIpc) is 2.79. The van der Waals surface area contributed by atoms with Crippen LogP contribution in [0.25, 0.3) is 0 Å². The molecule has 0 saturated carbocycles. The van der Waals surface area contributed by atoms with Crippen molar-refractivity contribution in [3.05, 3.63) is 35.5 Å². The van der Waals surface area contributed by atoms with Crippen molar-refractivity contribution in [2.45, 2.75) is 52.2 Å². The van der Waals surface area contributed by atoms with Crippen molar-refractivity contribution in [2.24, 2.45) is 11.8 Å². The molecule has 0 aromatic heterocycles. The Labute approximate surface area is 143 Å². The molecule has 0 amide bonds. The van der Waals surface area contributed by atoms with Gasteiger partial charge in [-0.25, -0.2) is 4.79 Å². The Morgan fingerprint density at radius 3 is 2.83 bits per heavy atom. The highest BCUT2D eigenvalue weighted by molar-refractivity contribution is 5.91. The van der Waals surface area contributed by atoms with Crippen LogP contribution in [0.5, 0.6) is 0 Å². The van der Waals surface area contributed by atoms with Crippen LogP contribution in [0, 0.1) is 11.8 Å². The van der Waals surface area contributed by atoms with Crippen LogP contribution in [-0.4, -0.2) is 35.9 Å². The van der Waals surface area contributed by atoms with Gasteiger partial charge >= 0.3 is 11.9 Å². The summed E-state index contributed by atoms with van der Waals surface area (Å²) in [5.41, 5.74) is 2.22. The van der Waals surface area contributed by atoms with E-state index in [1.165, 1.54) is 0 Å². The highest BCUT2D eigenvalue weighted by atomic mass is 16.6. The van der Waals surface area contributed by atoms with Crippen LogP contribution in [0.2, 0.25) is 0 Å². The van der Waals surface area contributed by atoms with Gasteiger partial charge in [-0.05, 0) is 31.4 Å². The third kappa shape index (κ3) is 4.15. The lowest BCUT2D eigenvalue weighted by Gasteiger charge is -2.28. The van der Waals surface area contributed by atoms with Gasteiger partial charge in [-0.1, -0.05) is 32.1 Å². The van der Waals surface area contributed by atoms with Crippen LogP contribution in [0.1, 0.15) is 40.0 Å². The minimum absolute atomic E-state index is 0.100. The lowest BCUT2D eigenvalue weighted by molar-refractivity contribution is -0.155. The molecule has 0 aromatic carbocycles. The lowest BCUT2D eigenvalue weighted by Crippen LogP contribution is -2.34. The first-order valence-electron chi connectivity index (χ1n) is 8.39. The van der Waals surface area contributed by atoms with Gasteiger partial charge in [0.15, 0.2) is 0 Å². The zero-order chi connectivity index (χ0) is 17.9. The van der Waals surface area contributed by atoms with Crippen LogP contribution in [0.3, 0.4) is 0 Å². The topological polar surface area (TPSA) is 72.8 Å². The van der Waals surface area contributed by atoms with Gasteiger partial charge in [0, 0.05) is 12.0 Å². The van der Waals surface area contributed by atoms with Crippen LogP contribution < -0.4 is 0 Å². The quantitative estimate of drug-likeness (QED) is 0.488. The molecular weight excluding hydrogens is 308 g/mol. The van der Waals surface area contributed by atoms with E-state index in [9.17, 15) is 14.7 Å². The molecule has 3 atom stereocenters. The first-order chi connectivity index (χ1) is 11.3. The number of aliphatic hydroxyl groups is 1. The first kappa shape index (κ1) is 18.5. The van der Waals surface area contributed by atoms with Crippen molar-refractivity contribution >= 4 is 11.9 Å². The minimum atomic E-state index is -0.579. The summed E-state index contributed by atoms with van der Waals surface area (Å²) in [6.45, 7) is 9.25. The van der Waals surface area contributed by atoms with Gasteiger partial charge in [-0.2, -0.15) is 0 Å². The van der Waals surface area contributed by atoms with Gasteiger partial charge in [0.1, 0.15) is 12.2 Å². The SMILES string of the molecule is C=C1C(=O)O[C@@H]2/C=C(\C)CC/C=C(\CO)C[C@@H](OC(=O)C(C)C)[C@@H]12. The fraction of sp³-hybridized carbons (Fsp3) is 0.579. The fourth-order valence-electron chi connectivity index (χ4n) is 3.05. The smallest absolute Gasteiger partial charge is 0.334 e. The highest BCUT2D eigenvalue weighted by Crippen LogP contribution is 2.36. The van der Waals surface area contributed by atoms with E-state index in [2.05, 4.69) is 6.58 Å². The number of ether oxygens (including phenoxy) is 2. The van der Waals surface area contributed by atoms with Gasteiger partial charge in [0.2, 0.25) is 0 Å². The Kier molecular flexibility index (Phi) is 5.99. The number of aliphatic hydroxyl groups excluding tert-OH is 1. The van der Waals surface area contributed by atoms with E-state index in [0.717, 1.165) is 24.0 Å². The van der Waals surface area contributed by atoms with Crippen LogP contribution in [0.15, 0.2) is 35.5 Å². The number of carbonyl (C=O) groups is 2. The highest BCUT2D eigenvalue weighted by Gasteiger charge is 2.44. The number of allylic oxidation sites excluding steroid dienone is 2. The minimum Gasteiger partial charge on any atom is -0.461 e. The van der Waals surface area contributed by atoms with E-state index in [0.29, 0.717) is 12.0 Å². The molecule has 5 nitrogen and oxygen atoms in total. The van der Waals surface area contributed by atoms with Crippen LogP contribution >= 0.6 is 0 Å². The summed E-state index contributed by atoms with van der Waals surface area (Å²) >= 11 is 0. The molecule has 1 aliphatic carbocycles. The maximum absolute atomic E-state index is 12.1. The van der Waals surface area contributed by atoms with E-state index in [-0.39, 0.29) is 18.5 Å². The predicted octanol–water partition coefficient (Wildman–Crippen LogP) is 2.70. The summed E-state index contributed by atoms with van der Waals surface area (Å²) in [4.78, 5) is 24.1. The number of fused-ring (bicyclic) bond motifs is 1. The number of carbonyl (C=O) groups excluding carboxylic acids is 2. The van der Waals surface area contributed by atoms with Crippen molar-refractivity contribution in [3.63, 3.8) is 0 Å². The predicted molar refractivity (Wildman–Crippen MR) is 90.0 cm³/mol. The molecule has 0 spiro atoms. The van der Waals surface area contributed by atoms with E-state index < -0.39 is 24.1 Å². The number of hydrogen-bond donors (Lipinski definition) is 1. The molecule has 24 heavy (non-hydrogen) atoms. The van der Waals surface area contributed by atoms with E-state index in [4.69, 9.17) is 9.47 Å². The first-order valence-corrected chi connectivity index (χ1v) is 8.39. The molecule has 0 unspecified atom stereocenters. The molecule has 5 heteroatoms. The summed E-state index contributed by atoms with van der Waals surface area (Å²) in [5, 5.41) is 9.61. The molecule has 1 aliphatic heterocycles. The molecule has 0 aromatic rings. The summed E-state index contributed by atoms with van der Waals surface area (Å²) in [6.07, 6.45) is 4.84. The summed E-state index contributed by atoms with van der Waals surface area (Å²) in [5.74, 6) is -1.48. The Morgan fingerprint density at radius 1 is 1.50 bits per heavy atom. The van der Waals surface area contributed by atoms with Crippen molar-refractivity contribution in [1.29, 1.82) is 0 Å². The number of rotatable bonds is 3. The van der Waals surface area contributed by atoms with Crippen molar-refractivity contribution in [2.75, 3.05) is 6.61 Å². The normalized spacial score (nSPS) is 32.3. The number of hydrogen-bond acceptors (Lipinski definition) is 5. The molecule has 0 radical (unpaired) electrons. The summed E-state index contributed by atoms with van der Waals surface area (Å²) in [7, 11) is 0. The maximum Gasteiger partial charge on any atom is 0.334 e. The second-order valence-electron chi connectivity index (χ2n) is 6.83. The monoisotopic (exact) mass is 334 g/mol. The Balaban J connectivity index is 2.39. The third-order valence-electron chi connectivity index (χ3n) is 4.49. The molecular formula is C19H26O5. The van der Waals surface area contributed by atoms with Gasteiger partial charge in [0.25, 0.3) is 0 Å². The number of esters is 2. The molecule has 1 saturated heterocycles. The Bertz CT molecular complexity index is 585. The molecule has 1 heterocycles. The lowest BCUT2D eigenvalue weighted by atomic mass is 9.85. The zero-order valence-corrected chi connectivity index (χ0v) is 14.6. The fourth-order valence-corrected chi connectivity index (χ4v) is 3.05. The van der Waals surface area contributed by atoms with E-state index >= 15 is 0 Å². The second-order valence-corrected chi connectivity index (χ2v) is 6.83. The molecule has 0 bridgehead atoms. The van der Waals surface area contributed by atoms with Crippen molar-refractivity contribution in [3.8, 4) is 0 Å². The molecule has 2 aliphatic rings. The molecule has 1 fully saturated rings. The largest absolute Gasteiger partial charge is 0.461 e. The molecule has 132 valence electrons. The second kappa shape index (κ2) is 7.79. The van der Waals surface area contributed by atoms with Gasteiger partial charge < -0.3 is 14.6 Å². The van der Waals surface area contributed by atoms with Gasteiger partial charge in [-0.3, -0.25) is 4.79 Å². The van der Waals surface area contributed by atoms with Crippen molar-refractivity contribution < 1.29 is 24.2 Å². The van der Waals surface area contributed by atoms with Crippen LogP contribution in [0.4, 0.5) is 0 Å².